The minimum atomic E-state index is 0.102. The molecule has 3 rings (SSSR count). The normalized spacial score (nSPS) is 17.2. The molecule has 0 spiro atoms. The largest absolute Gasteiger partial charge is 0.481 e. The number of likely N-dealkylation sites (N-methyl/N-ethyl adjacent to an activating group) is 1. The zero-order valence-corrected chi connectivity index (χ0v) is 15.3. The van der Waals surface area contributed by atoms with Crippen molar-refractivity contribution >= 4 is 5.91 Å². The highest BCUT2D eigenvalue weighted by Gasteiger charge is 2.28. The summed E-state index contributed by atoms with van der Waals surface area (Å²) in [4.78, 5) is 21.3. The Balaban J connectivity index is 1.83. The van der Waals surface area contributed by atoms with Gasteiger partial charge in [-0.05, 0) is 50.7 Å². The van der Waals surface area contributed by atoms with E-state index in [1.165, 1.54) is 0 Å². The van der Waals surface area contributed by atoms with Crippen molar-refractivity contribution in [2.24, 2.45) is 0 Å². The van der Waals surface area contributed by atoms with Crippen molar-refractivity contribution in [1.82, 2.24) is 14.8 Å². The first-order chi connectivity index (χ1) is 12.0. The van der Waals surface area contributed by atoms with E-state index in [-0.39, 0.29) is 5.91 Å². The van der Waals surface area contributed by atoms with E-state index in [2.05, 4.69) is 24.0 Å². The summed E-state index contributed by atoms with van der Waals surface area (Å²) in [6.45, 7) is 3.63. The Kier molecular flexibility index (Phi) is 5.04. The van der Waals surface area contributed by atoms with Crippen molar-refractivity contribution in [3.8, 4) is 17.0 Å². The lowest BCUT2D eigenvalue weighted by Gasteiger charge is -2.20. The van der Waals surface area contributed by atoms with Crippen LogP contribution < -0.4 is 4.74 Å². The van der Waals surface area contributed by atoms with E-state index >= 15 is 0 Å². The Labute approximate surface area is 149 Å². The number of carbonyl (C=O) groups is 1. The lowest BCUT2D eigenvalue weighted by molar-refractivity contribution is 0.0783. The predicted octanol–water partition coefficient (Wildman–Crippen LogP) is 2.84. The van der Waals surface area contributed by atoms with Crippen LogP contribution in [0, 0.1) is 6.92 Å². The Morgan fingerprint density at radius 3 is 2.76 bits per heavy atom. The molecule has 1 aliphatic rings. The predicted molar refractivity (Wildman–Crippen MR) is 99.0 cm³/mol. The molecule has 0 radical (unpaired) electrons. The fraction of sp³-hybridized carbons (Fsp3) is 0.400. The van der Waals surface area contributed by atoms with Crippen molar-refractivity contribution in [1.29, 1.82) is 0 Å². The number of ether oxygens (including phenoxy) is 1. The van der Waals surface area contributed by atoms with Gasteiger partial charge in [-0.15, -0.1) is 0 Å². The average molecular weight is 339 g/mol. The molecule has 1 fully saturated rings. The van der Waals surface area contributed by atoms with E-state index in [9.17, 15) is 4.79 Å². The van der Waals surface area contributed by atoms with Crippen LogP contribution in [0.4, 0.5) is 0 Å². The lowest BCUT2D eigenvalue weighted by atomic mass is 10.0. The summed E-state index contributed by atoms with van der Waals surface area (Å²) in [6, 6.07) is 10.2. The summed E-state index contributed by atoms with van der Waals surface area (Å²) in [5.41, 5.74) is 3.82. The SMILES string of the molecule is COc1cc(C)c(-c2cccc(C(=O)N3CCC(N(C)C)C3)c2)cn1. The number of amides is 1. The molecule has 2 aromatic rings. The third-order valence-electron chi connectivity index (χ3n) is 4.90. The molecule has 1 saturated heterocycles. The number of nitrogens with zero attached hydrogens (tertiary/aromatic N) is 3. The van der Waals surface area contributed by atoms with Crippen LogP contribution >= 0.6 is 0 Å². The number of carbonyl (C=O) groups excluding carboxylic acids is 1. The van der Waals surface area contributed by atoms with E-state index in [4.69, 9.17) is 4.74 Å². The molecule has 132 valence electrons. The molecule has 0 bridgehead atoms. The maximum Gasteiger partial charge on any atom is 0.253 e. The van der Waals surface area contributed by atoms with E-state index in [1.54, 1.807) is 13.3 Å². The summed E-state index contributed by atoms with van der Waals surface area (Å²) < 4.78 is 5.17. The van der Waals surface area contributed by atoms with Crippen LogP contribution in [0.15, 0.2) is 36.5 Å². The number of rotatable bonds is 4. The monoisotopic (exact) mass is 339 g/mol. The molecular formula is C20H25N3O2. The Morgan fingerprint density at radius 2 is 2.12 bits per heavy atom. The second-order valence-electron chi connectivity index (χ2n) is 6.78. The van der Waals surface area contributed by atoms with Crippen LogP contribution in [0.1, 0.15) is 22.3 Å². The minimum absolute atomic E-state index is 0.102. The second kappa shape index (κ2) is 7.23. The number of likely N-dealkylation sites (tertiary alicyclic amines) is 1. The van der Waals surface area contributed by atoms with Gasteiger partial charge in [0, 0.05) is 42.5 Å². The quantitative estimate of drug-likeness (QED) is 0.859. The number of aryl methyl sites for hydroxylation is 1. The van der Waals surface area contributed by atoms with Gasteiger partial charge in [0.25, 0.3) is 5.91 Å². The van der Waals surface area contributed by atoms with Crippen molar-refractivity contribution in [3.63, 3.8) is 0 Å². The minimum Gasteiger partial charge on any atom is -0.481 e. The van der Waals surface area contributed by atoms with Gasteiger partial charge in [-0.3, -0.25) is 4.79 Å². The number of pyridine rings is 1. The molecule has 0 saturated carbocycles. The molecule has 1 aromatic heterocycles. The van der Waals surface area contributed by atoms with Gasteiger partial charge in [0.2, 0.25) is 5.88 Å². The fourth-order valence-electron chi connectivity index (χ4n) is 3.29. The Bertz CT molecular complexity index is 773. The molecule has 5 nitrogen and oxygen atoms in total. The van der Waals surface area contributed by atoms with Crippen LogP contribution in [0.3, 0.4) is 0 Å². The first-order valence-electron chi connectivity index (χ1n) is 8.56. The zero-order chi connectivity index (χ0) is 18.0. The van der Waals surface area contributed by atoms with Crippen molar-refractivity contribution in [2.45, 2.75) is 19.4 Å². The standard InChI is InChI=1S/C20H25N3O2/c1-14-10-19(25-4)21-12-18(14)15-6-5-7-16(11-15)20(24)23-9-8-17(13-23)22(2)3/h5-7,10-12,17H,8-9,13H2,1-4H3. The molecule has 0 aliphatic carbocycles. The molecule has 1 atom stereocenters. The van der Waals surface area contributed by atoms with Crippen molar-refractivity contribution < 1.29 is 9.53 Å². The van der Waals surface area contributed by atoms with Gasteiger partial charge in [0.1, 0.15) is 0 Å². The number of aromatic nitrogens is 1. The van der Waals surface area contributed by atoms with Gasteiger partial charge in [0.05, 0.1) is 7.11 Å². The first-order valence-corrected chi connectivity index (χ1v) is 8.56. The number of hydrogen-bond donors (Lipinski definition) is 0. The highest BCUT2D eigenvalue weighted by molar-refractivity contribution is 5.95. The van der Waals surface area contributed by atoms with E-state index in [0.29, 0.717) is 11.9 Å². The Morgan fingerprint density at radius 1 is 1.32 bits per heavy atom. The molecule has 5 heteroatoms. The van der Waals surface area contributed by atoms with Crippen LogP contribution in [-0.4, -0.2) is 61.0 Å². The summed E-state index contributed by atoms with van der Waals surface area (Å²) in [5, 5.41) is 0. The molecule has 0 N–H and O–H groups in total. The molecule has 2 heterocycles. The van der Waals surface area contributed by atoms with Crippen LogP contribution in [0.2, 0.25) is 0 Å². The van der Waals surface area contributed by atoms with Gasteiger partial charge in [-0.2, -0.15) is 0 Å². The van der Waals surface area contributed by atoms with Crippen LogP contribution in [0.25, 0.3) is 11.1 Å². The first kappa shape index (κ1) is 17.4. The Hall–Kier alpha value is -2.40. The number of methoxy groups -OCH3 is 1. The van der Waals surface area contributed by atoms with Crippen LogP contribution in [0.5, 0.6) is 5.88 Å². The maximum absolute atomic E-state index is 12.9. The van der Waals surface area contributed by atoms with E-state index in [1.807, 2.05) is 42.2 Å². The third kappa shape index (κ3) is 3.66. The van der Waals surface area contributed by atoms with Gasteiger partial charge in [-0.1, -0.05) is 12.1 Å². The highest BCUT2D eigenvalue weighted by Crippen LogP contribution is 2.26. The smallest absolute Gasteiger partial charge is 0.253 e. The number of hydrogen-bond acceptors (Lipinski definition) is 4. The van der Waals surface area contributed by atoms with Crippen molar-refractivity contribution in [3.05, 3.63) is 47.7 Å². The third-order valence-corrected chi connectivity index (χ3v) is 4.90. The molecule has 1 unspecified atom stereocenters. The van der Waals surface area contributed by atoms with E-state index in [0.717, 1.165) is 41.8 Å². The van der Waals surface area contributed by atoms with Gasteiger partial charge < -0.3 is 14.5 Å². The number of benzene rings is 1. The summed E-state index contributed by atoms with van der Waals surface area (Å²) >= 11 is 0. The maximum atomic E-state index is 12.9. The summed E-state index contributed by atoms with van der Waals surface area (Å²) in [6.07, 6.45) is 2.83. The summed E-state index contributed by atoms with van der Waals surface area (Å²) in [5.74, 6) is 0.700. The molecular weight excluding hydrogens is 314 g/mol. The molecule has 1 aromatic carbocycles. The molecule has 1 amide bonds. The van der Waals surface area contributed by atoms with Gasteiger partial charge >= 0.3 is 0 Å². The zero-order valence-electron chi connectivity index (χ0n) is 15.3. The van der Waals surface area contributed by atoms with Crippen LogP contribution in [-0.2, 0) is 0 Å². The van der Waals surface area contributed by atoms with E-state index < -0.39 is 0 Å². The topological polar surface area (TPSA) is 45.7 Å². The second-order valence-corrected chi connectivity index (χ2v) is 6.78. The average Bonchev–Trinajstić information content (AvgIpc) is 3.11. The molecule has 1 aliphatic heterocycles. The van der Waals surface area contributed by atoms with Gasteiger partial charge in [0.15, 0.2) is 0 Å². The fourth-order valence-corrected chi connectivity index (χ4v) is 3.29. The lowest BCUT2D eigenvalue weighted by Crippen LogP contribution is -2.34. The summed E-state index contributed by atoms with van der Waals surface area (Å²) in [7, 11) is 5.75. The highest BCUT2D eigenvalue weighted by atomic mass is 16.5. The van der Waals surface area contributed by atoms with Crippen molar-refractivity contribution in [2.75, 3.05) is 34.3 Å². The molecule has 25 heavy (non-hydrogen) atoms. The van der Waals surface area contributed by atoms with Gasteiger partial charge in [-0.25, -0.2) is 4.98 Å².